The molecule has 3 aromatic heterocycles. The fourth-order valence-electron chi connectivity index (χ4n) is 4.20. The molecule has 0 fully saturated rings. The van der Waals surface area contributed by atoms with Gasteiger partial charge in [-0.15, -0.1) is 0 Å². The van der Waals surface area contributed by atoms with Gasteiger partial charge in [0.25, 0.3) is 5.56 Å². The number of aromatic amines is 1. The smallest absolute Gasteiger partial charge is 0.332 e. The van der Waals surface area contributed by atoms with Gasteiger partial charge in [0, 0.05) is 42.8 Å². The van der Waals surface area contributed by atoms with E-state index in [0.717, 1.165) is 22.1 Å². The maximum Gasteiger partial charge on any atom is 0.332 e. The highest BCUT2D eigenvalue weighted by atomic mass is 35.5. The first-order valence-electron chi connectivity index (χ1n) is 10.6. The summed E-state index contributed by atoms with van der Waals surface area (Å²) in [6.45, 7) is 0.995. The summed E-state index contributed by atoms with van der Waals surface area (Å²) in [4.78, 5) is 33.4. The predicted molar refractivity (Wildman–Crippen MR) is 131 cm³/mol. The molecule has 0 unspecified atom stereocenters. The Hall–Kier alpha value is -3.78. The summed E-state index contributed by atoms with van der Waals surface area (Å²) in [6.07, 6.45) is 2.78. The van der Waals surface area contributed by atoms with Gasteiger partial charge in [0.15, 0.2) is 11.2 Å². The van der Waals surface area contributed by atoms with Crippen LogP contribution in [0.4, 0.5) is 5.95 Å². The molecule has 0 saturated carbocycles. The summed E-state index contributed by atoms with van der Waals surface area (Å²) in [5.41, 5.74) is 3.14. The molecule has 3 heterocycles. The highest BCUT2D eigenvalue weighted by Crippen LogP contribution is 2.21. The molecule has 0 aliphatic carbocycles. The zero-order valence-electron chi connectivity index (χ0n) is 18.3. The lowest BCUT2D eigenvalue weighted by atomic mass is 10.1. The van der Waals surface area contributed by atoms with Gasteiger partial charge in [-0.3, -0.25) is 18.5 Å². The minimum absolute atomic E-state index is 0.347. The number of anilines is 1. The van der Waals surface area contributed by atoms with Crippen molar-refractivity contribution in [2.24, 2.45) is 14.1 Å². The van der Waals surface area contributed by atoms with Crippen molar-refractivity contribution in [3.63, 3.8) is 0 Å². The van der Waals surface area contributed by atoms with Gasteiger partial charge in [-0.25, -0.2) is 4.79 Å². The minimum Gasteiger partial charge on any atom is -0.361 e. The van der Waals surface area contributed by atoms with Crippen LogP contribution in [0.3, 0.4) is 0 Å². The molecule has 0 atom stereocenters. The first kappa shape index (κ1) is 21.1. The van der Waals surface area contributed by atoms with Crippen LogP contribution in [0.2, 0.25) is 5.02 Å². The Morgan fingerprint density at radius 2 is 1.88 bits per heavy atom. The molecule has 2 aromatic carbocycles. The maximum absolute atomic E-state index is 13.0. The van der Waals surface area contributed by atoms with Crippen molar-refractivity contribution in [3.05, 3.63) is 91.7 Å². The van der Waals surface area contributed by atoms with Gasteiger partial charge in [-0.2, -0.15) is 4.98 Å². The normalized spacial score (nSPS) is 11.5. The van der Waals surface area contributed by atoms with Crippen molar-refractivity contribution in [1.29, 1.82) is 0 Å². The molecule has 0 radical (unpaired) electrons. The summed E-state index contributed by atoms with van der Waals surface area (Å²) in [6, 6.07) is 15.6. The number of aromatic nitrogens is 5. The van der Waals surface area contributed by atoms with Crippen molar-refractivity contribution in [2.75, 3.05) is 11.9 Å². The van der Waals surface area contributed by atoms with Crippen LogP contribution in [-0.2, 0) is 27.1 Å². The van der Waals surface area contributed by atoms with Crippen molar-refractivity contribution < 1.29 is 0 Å². The van der Waals surface area contributed by atoms with E-state index >= 15 is 0 Å². The number of hydrogen-bond donors (Lipinski definition) is 2. The van der Waals surface area contributed by atoms with Crippen LogP contribution >= 0.6 is 11.6 Å². The van der Waals surface area contributed by atoms with Crippen molar-refractivity contribution in [2.45, 2.75) is 13.0 Å². The summed E-state index contributed by atoms with van der Waals surface area (Å²) in [5.74, 6) is 0.531. The standard InChI is InChI=1S/C24H23ClN6O2/c1-29-21-20(22(32)30(2)24(29)33)31(14-15-6-5-7-17(25)12-15)23(28-21)26-11-10-16-13-27-19-9-4-3-8-18(16)19/h3-9,12-13,27H,10-11,14H2,1-2H3,(H,26,28). The quantitative estimate of drug-likeness (QED) is 0.405. The second kappa shape index (κ2) is 8.29. The lowest BCUT2D eigenvalue weighted by Crippen LogP contribution is -2.37. The molecule has 0 amide bonds. The van der Waals surface area contributed by atoms with E-state index in [1.165, 1.54) is 22.6 Å². The van der Waals surface area contributed by atoms with Crippen molar-refractivity contribution >= 4 is 39.6 Å². The molecule has 5 aromatic rings. The molecule has 9 heteroatoms. The molecule has 8 nitrogen and oxygen atoms in total. The van der Waals surface area contributed by atoms with E-state index in [4.69, 9.17) is 11.6 Å². The average Bonchev–Trinajstić information content (AvgIpc) is 3.38. The van der Waals surface area contributed by atoms with Crippen LogP contribution < -0.4 is 16.6 Å². The summed E-state index contributed by atoms with van der Waals surface area (Å²) in [7, 11) is 3.10. The average molecular weight is 463 g/mol. The van der Waals surface area contributed by atoms with Crippen LogP contribution in [0.15, 0.2) is 64.3 Å². The zero-order chi connectivity index (χ0) is 23.1. The highest BCUT2D eigenvalue weighted by Gasteiger charge is 2.19. The van der Waals surface area contributed by atoms with Crippen LogP contribution in [0.25, 0.3) is 22.1 Å². The first-order valence-corrected chi connectivity index (χ1v) is 11.0. The van der Waals surface area contributed by atoms with Gasteiger partial charge in [0.1, 0.15) is 0 Å². The molecular formula is C24H23ClN6O2. The number of H-pyrrole nitrogens is 1. The Labute approximate surface area is 194 Å². The van der Waals surface area contributed by atoms with Crippen molar-refractivity contribution in [3.8, 4) is 0 Å². The molecule has 33 heavy (non-hydrogen) atoms. The van der Waals surface area contributed by atoms with Crippen LogP contribution in [0.1, 0.15) is 11.1 Å². The van der Waals surface area contributed by atoms with E-state index in [1.54, 1.807) is 13.1 Å². The molecular weight excluding hydrogens is 440 g/mol. The van der Waals surface area contributed by atoms with E-state index in [9.17, 15) is 9.59 Å². The monoisotopic (exact) mass is 462 g/mol. The molecule has 5 rings (SSSR count). The van der Waals surface area contributed by atoms with Crippen LogP contribution in [0.5, 0.6) is 0 Å². The second-order valence-electron chi connectivity index (χ2n) is 8.07. The van der Waals surface area contributed by atoms with Crippen LogP contribution in [-0.4, -0.2) is 30.2 Å². The highest BCUT2D eigenvalue weighted by molar-refractivity contribution is 6.30. The Bertz CT molecular complexity index is 1610. The third-order valence-electron chi connectivity index (χ3n) is 5.93. The van der Waals surface area contributed by atoms with Gasteiger partial charge >= 0.3 is 5.69 Å². The Morgan fingerprint density at radius 1 is 1.06 bits per heavy atom. The minimum atomic E-state index is -0.412. The van der Waals surface area contributed by atoms with Gasteiger partial charge < -0.3 is 10.3 Å². The van der Waals surface area contributed by atoms with Gasteiger partial charge in [-0.05, 0) is 35.7 Å². The van der Waals surface area contributed by atoms with Gasteiger partial charge in [0.05, 0.1) is 6.54 Å². The number of aryl methyl sites for hydroxylation is 1. The molecule has 0 bridgehead atoms. The zero-order valence-corrected chi connectivity index (χ0v) is 19.1. The van der Waals surface area contributed by atoms with Gasteiger partial charge in [0.2, 0.25) is 5.95 Å². The first-order chi connectivity index (χ1) is 15.9. The molecule has 0 saturated heterocycles. The number of benzene rings is 2. The molecule has 0 aliphatic rings. The molecule has 0 aliphatic heterocycles. The summed E-state index contributed by atoms with van der Waals surface area (Å²) >= 11 is 6.18. The second-order valence-corrected chi connectivity index (χ2v) is 8.50. The lowest BCUT2D eigenvalue weighted by Gasteiger charge is -2.11. The predicted octanol–water partition coefficient (Wildman–Crippen LogP) is 3.27. The Morgan fingerprint density at radius 3 is 2.70 bits per heavy atom. The number of rotatable bonds is 6. The lowest BCUT2D eigenvalue weighted by molar-refractivity contribution is 0.702. The Kier molecular flexibility index (Phi) is 5.30. The largest absolute Gasteiger partial charge is 0.361 e. The van der Waals surface area contributed by atoms with E-state index < -0.39 is 5.69 Å². The molecule has 168 valence electrons. The fourth-order valence-corrected chi connectivity index (χ4v) is 4.41. The molecule has 0 spiro atoms. The Balaban J connectivity index is 1.54. The van der Waals surface area contributed by atoms with E-state index in [-0.39, 0.29) is 5.56 Å². The van der Waals surface area contributed by atoms with Gasteiger partial charge in [-0.1, -0.05) is 41.9 Å². The molecule has 2 N–H and O–H groups in total. The van der Waals surface area contributed by atoms with Crippen molar-refractivity contribution in [1.82, 2.24) is 23.7 Å². The van der Waals surface area contributed by atoms with E-state index in [1.807, 2.05) is 47.2 Å². The van der Waals surface area contributed by atoms with Crippen LogP contribution in [0, 0.1) is 0 Å². The van der Waals surface area contributed by atoms with E-state index in [2.05, 4.69) is 21.4 Å². The summed E-state index contributed by atoms with van der Waals surface area (Å²) < 4.78 is 4.32. The number of para-hydroxylation sites is 1. The number of hydrogen-bond acceptors (Lipinski definition) is 4. The number of nitrogens with zero attached hydrogens (tertiary/aromatic N) is 4. The number of nitrogens with one attached hydrogen (secondary N) is 2. The number of imidazole rings is 1. The SMILES string of the molecule is Cn1c(=O)c2c(nc(NCCc3c[nH]c4ccccc34)n2Cc2cccc(Cl)c2)n(C)c1=O. The third-order valence-corrected chi connectivity index (χ3v) is 6.17. The third kappa shape index (κ3) is 3.72. The number of halogens is 1. The fraction of sp³-hybridized carbons (Fsp3) is 0.208. The summed E-state index contributed by atoms with van der Waals surface area (Å²) in [5, 5.41) is 5.18. The maximum atomic E-state index is 13.0. The van der Waals surface area contributed by atoms with E-state index in [0.29, 0.717) is 35.2 Å². The topological polar surface area (TPSA) is 89.6 Å². The number of fused-ring (bicyclic) bond motifs is 2.